The first-order valence-corrected chi connectivity index (χ1v) is 14.6. The number of pyridine rings is 1. The number of halogens is 1. The Bertz CT molecular complexity index is 826. The van der Waals surface area contributed by atoms with Gasteiger partial charge in [-0.1, -0.05) is 109 Å². The Labute approximate surface area is 214 Å². The Morgan fingerprint density at radius 2 is 1.37 bits per heavy atom. The van der Waals surface area contributed by atoms with Crippen LogP contribution in [0.1, 0.15) is 128 Å². The highest BCUT2D eigenvalue weighted by Crippen LogP contribution is 2.38. The molecule has 194 valence electrons. The largest absolute Gasteiger partial charge is 0.489 e. The lowest BCUT2D eigenvalue weighted by Gasteiger charge is -2.29. The highest BCUT2D eigenvalue weighted by Gasteiger charge is 2.22. The minimum atomic E-state index is -0.507. The van der Waals surface area contributed by atoms with Crippen LogP contribution in [0.25, 0.3) is 11.3 Å². The zero-order valence-corrected chi connectivity index (χ0v) is 22.4. The lowest BCUT2D eigenvalue weighted by Crippen LogP contribution is -2.13. The molecule has 1 fully saturated rings. The fourth-order valence-electron chi connectivity index (χ4n) is 5.50. The summed E-state index contributed by atoms with van der Waals surface area (Å²) in [5, 5.41) is 0. The van der Waals surface area contributed by atoms with Crippen molar-refractivity contribution >= 4 is 0 Å². The number of rotatable bonds is 16. The van der Waals surface area contributed by atoms with E-state index in [2.05, 4.69) is 43.1 Å². The molecule has 1 aromatic carbocycles. The van der Waals surface area contributed by atoms with Crippen molar-refractivity contribution in [2.24, 2.45) is 5.92 Å². The van der Waals surface area contributed by atoms with Gasteiger partial charge in [0.1, 0.15) is 0 Å². The molecule has 1 aromatic heterocycles. The lowest BCUT2D eigenvalue weighted by atomic mass is 9.77. The number of ether oxygens (including phenoxy) is 1. The Morgan fingerprint density at radius 3 is 2.03 bits per heavy atom. The molecule has 3 heteroatoms. The molecular weight excluding hydrogens is 433 g/mol. The van der Waals surface area contributed by atoms with E-state index >= 15 is 0 Å². The molecule has 0 atom stereocenters. The van der Waals surface area contributed by atoms with Crippen LogP contribution in [-0.4, -0.2) is 11.6 Å². The van der Waals surface area contributed by atoms with Crippen LogP contribution in [0, 0.1) is 11.9 Å². The van der Waals surface area contributed by atoms with E-state index in [1.165, 1.54) is 95.5 Å². The van der Waals surface area contributed by atoms with Crippen molar-refractivity contribution in [3.05, 3.63) is 47.9 Å². The molecule has 0 bridgehead atoms. The van der Waals surface area contributed by atoms with Crippen molar-refractivity contribution in [2.75, 3.05) is 6.61 Å². The number of hydrogen-bond donors (Lipinski definition) is 0. The van der Waals surface area contributed by atoms with E-state index < -0.39 is 5.95 Å². The Kier molecular flexibility index (Phi) is 12.6. The van der Waals surface area contributed by atoms with E-state index in [0.717, 1.165) is 24.3 Å². The summed E-state index contributed by atoms with van der Waals surface area (Å²) in [6, 6.07) is 12.3. The average molecular weight is 482 g/mol. The SMILES string of the molecule is CCCCCCCCCCOc1ccc(-c2ccc([C@H]3CC[C@H](CCCCC)CC3)cc2)nc1F. The fraction of sp³-hybridized carbons (Fsp3) is 0.656. The van der Waals surface area contributed by atoms with Gasteiger partial charge in [0.25, 0.3) is 5.95 Å². The minimum absolute atomic E-state index is 0.268. The molecule has 1 saturated carbocycles. The summed E-state index contributed by atoms with van der Waals surface area (Å²) >= 11 is 0. The van der Waals surface area contributed by atoms with E-state index in [1.54, 1.807) is 6.07 Å². The van der Waals surface area contributed by atoms with Gasteiger partial charge < -0.3 is 4.74 Å². The number of benzene rings is 1. The smallest absolute Gasteiger partial charge is 0.255 e. The zero-order chi connectivity index (χ0) is 24.7. The van der Waals surface area contributed by atoms with Gasteiger partial charge in [-0.25, -0.2) is 4.98 Å². The third-order valence-electron chi connectivity index (χ3n) is 7.81. The topological polar surface area (TPSA) is 22.1 Å². The second kappa shape index (κ2) is 16.0. The zero-order valence-electron chi connectivity index (χ0n) is 22.4. The maximum atomic E-state index is 14.6. The Hall–Kier alpha value is -1.90. The van der Waals surface area contributed by atoms with Gasteiger partial charge in [-0.2, -0.15) is 4.39 Å². The van der Waals surface area contributed by atoms with Gasteiger partial charge in [0.2, 0.25) is 0 Å². The minimum Gasteiger partial charge on any atom is -0.489 e. The fourth-order valence-corrected chi connectivity index (χ4v) is 5.50. The monoisotopic (exact) mass is 481 g/mol. The molecule has 2 nitrogen and oxygen atoms in total. The molecule has 0 N–H and O–H groups in total. The molecule has 0 saturated heterocycles. The van der Waals surface area contributed by atoms with Gasteiger partial charge in [0.05, 0.1) is 12.3 Å². The molecule has 0 amide bonds. The summed E-state index contributed by atoms with van der Waals surface area (Å²) in [6.07, 6.45) is 20.8. The molecule has 35 heavy (non-hydrogen) atoms. The second-order valence-electron chi connectivity index (χ2n) is 10.6. The molecule has 0 aliphatic heterocycles. The summed E-state index contributed by atoms with van der Waals surface area (Å²) in [4.78, 5) is 4.20. The van der Waals surface area contributed by atoms with Crippen LogP contribution in [-0.2, 0) is 0 Å². The van der Waals surface area contributed by atoms with E-state index in [9.17, 15) is 4.39 Å². The van der Waals surface area contributed by atoms with Crippen molar-refractivity contribution < 1.29 is 9.13 Å². The summed E-state index contributed by atoms with van der Waals surface area (Å²) in [5.74, 6) is 1.36. The molecule has 0 radical (unpaired) electrons. The van der Waals surface area contributed by atoms with E-state index in [4.69, 9.17) is 4.74 Å². The Morgan fingerprint density at radius 1 is 0.743 bits per heavy atom. The third-order valence-corrected chi connectivity index (χ3v) is 7.81. The van der Waals surface area contributed by atoms with Crippen LogP contribution in [0.2, 0.25) is 0 Å². The summed E-state index contributed by atoms with van der Waals surface area (Å²) in [7, 11) is 0. The van der Waals surface area contributed by atoms with Gasteiger partial charge >= 0.3 is 0 Å². The second-order valence-corrected chi connectivity index (χ2v) is 10.6. The first-order chi connectivity index (χ1) is 17.2. The van der Waals surface area contributed by atoms with Crippen LogP contribution in [0.15, 0.2) is 36.4 Å². The van der Waals surface area contributed by atoms with Crippen LogP contribution in [0.5, 0.6) is 5.75 Å². The summed E-state index contributed by atoms with van der Waals surface area (Å²) < 4.78 is 20.2. The van der Waals surface area contributed by atoms with Crippen molar-refractivity contribution in [1.82, 2.24) is 4.98 Å². The van der Waals surface area contributed by atoms with Gasteiger partial charge in [-0.05, 0) is 61.6 Å². The number of unbranched alkanes of at least 4 members (excludes halogenated alkanes) is 9. The van der Waals surface area contributed by atoms with Crippen molar-refractivity contribution in [2.45, 2.75) is 122 Å². The van der Waals surface area contributed by atoms with Gasteiger partial charge in [-0.3, -0.25) is 0 Å². The van der Waals surface area contributed by atoms with E-state index in [-0.39, 0.29) is 5.75 Å². The summed E-state index contributed by atoms with van der Waals surface area (Å²) in [5.41, 5.74) is 3.06. The lowest BCUT2D eigenvalue weighted by molar-refractivity contribution is 0.286. The molecule has 1 heterocycles. The van der Waals surface area contributed by atoms with E-state index in [1.807, 2.05) is 6.07 Å². The maximum absolute atomic E-state index is 14.6. The molecule has 0 unspecified atom stereocenters. The first kappa shape index (κ1) is 27.7. The van der Waals surface area contributed by atoms with Gasteiger partial charge in [0.15, 0.2) is 5.75 Å². The van der Waals surface area contributed by atoms with Crippen LogP contribution in [0.3, 0.4) is 0 Å². The normalized spacial score (nSPS) is 18.0. The quantitative estimate of drug-likeness (QED) is 0.176. The van der Waals surface area contributed by atoms with Crippen LogP contribution < -0.4 is 4.74 Å². The van der Waals surface area contributed by atoms with Gasteiger partial charge in [-0.15, -0.1) is 0 Å². The highest BCUT2D eigenvalue weighted by atomic mass is 19.1. The van der Waals surface area contributed by atoms with Gasteiger partial charge in [0, 0.05) is 5.56 Å². The standard InChI is InChI=1S/C32H48FNO/c1-3-5-7-8-9-10-11-13-25-35-31-24-23-30(34-32(31)33)29-21-19-28(20-22-29)27-17-15-26(16-18-27)14-12-6-4-2/h19-24,26-27H,3-18,25H2,1-2H3/t26-,27-. The maximum Gasteiger partial charge on any atom is 0.255 e. The molecule has 1 aliphatic rings. The first-order valence-electron chi connectivity index (χ1n) is 14.6. The summed E-state index contributed by atoms with van der Waals surface area (Å²) in [6.45, 7) is 5.09. The molecule has 0 spiro atoms. The van der Waals surface area contributed by atoms with E-state index in [0.29, 0.717) is 18.2 Å². The van der Waals surface area contributed by atoms with Crippen LogP contribution >= 0.6 is 0 Å². The molecule has 1 aliphatic carbocycles. The molecule has 3 rings (SSSR count). The number of hydrogen-bond acceptors (Lipinski definition) is 2. The predicted octanol–water partition coefficient (Wildman–Crippen LogP) is 10.3. The Balaban J connectivity index is 1.40. The highest BCUT2D eigenvalue weighted by molar-refractivity contribution is 5.60. The van der Waals surface area contributed by atoms with Crippen LogP contribution in [0.4, 0.5) is 4.39 Å². The third kappa shape index (κ3) is 9.58. The number of aromatic nitrogens is 1. The van der Waals surface area contributed by atoms with Crippen molar-refractivity contribution in [3.8, 4) is 17.0 Å². The van der Waals surface area contributed by atoms with Crippen molar-refractivity contribution in [3.63, 3.8) is 0 Å². The van der Waals surface area contributed by atoms with Crippen molar-refractivity contribution in [1.29, 1.82) is 0 Å². The molecular formula is C32H48FNO. The number of nitrogens with zero attached hydrogens (tertiary/aromatic N) is 1. The molecule has 2 aromatic rings. The predicted molar refractivity (Wildman–Crippen MR) is 147 cm³/mol. The average Bonchev–Trinajstić information content (AvgIpc) is 2.89.